The van der Waals surface area contributed by atoms with Crippen LogP contribution in [0.15, 0.2) is 30.3 Å². The molecule has 0 spiro atoms. The van der Waals surface area contributed by atoms with Gasteiger partial charge in [-0.15, -0.1) is 0 Å². The highest BCUT2D eigenvalue weighted by Gasteiger charge is 2.06. The Morgan fingerprint density at radius 2 is 1.93 bits per heavy atom. The predicted molar refractivity (Wildman–Crippen MR) is 58.7 cm³/mol. The smallest absolute Gasteiger partial charge is 0.149 e. The largest absolute Gasteiger partial charge is 0.298 e. The second-order valence-electron chi connectivity index (χ2n) is 3.07. The summed E-state index contributed by atoms with van der Waals surface area (Å²) in [6, 6.07) is 9.54. The second kappa shape index (κ2) is 5.70. The minimum absolute atomic E-state index is 0.0522. The van der Waals surface area contributed by atoms with Crippen LogP contribution in [0.3, 0.4) is 0 Å². The van der Waals surface area contributed by atoms with Gasteiger partial charge < -0.3 is 0 Å². The van der Waals surface area contributed by atoms with Gasteiger partial charge in [-0.3, -0.25) is 9.00 Å². The molecule has 1 aromatic rings. The summed E-state index contributed by atoms with van der Waals surface area (Å²) in [4.78, 5) is 11.4. The van der Waals surface area contributed by atoms with E-state index < -0.39 is 10.8 Å². The molecule has 0 heterocycles. The third kappa shape index (κ3) is 3.83. The van der Waals surface area contributed by atoms with Gasteiger partial charge in [-0.25, -0.2) is 0 Å². The minimum atomic E-state index is -0.980. The molecule has 0 bridgehead atoms. The molecular weight excluding hydrogens is 196 g/mol. The summed E-state index contributed by atoms with van der Waals surface area (Å²) in [5.41, 5.74) is 0.991. The van der Waals surface area contributed by atoms with Crippen LogP contribution in [0.4, 0.5) is 0 Å². The topological polar surface area (TPSA) is 34.1 Å². The SMILES string of the molecule is CCS(=O)CC(=O)Cc1ccccc1. The molecule has 14 heavy (non-hydrogen) atoms. The van der Waals surface area contributed by atoms with E-state index in [1.807, 2.05) is 37.3 Å². The number of benzene rings is 1. The maximum absolute atomic E-state index is 11.4. The van der Waals surface area contributed by atoms with E-state index in [0.717, 1.165) is 5.56 Å². The lowest BCUT2D eigenvalue weighted by Crippen LogP contribution is -2.14. The number of carbonyl (C=O) groups excluding carboxylic acids is 1. The lowest BCUT2D eigenvalue weighted by atomic mass is 10.1. The molecule has 0 aliphatic rings. The van der Waals surface area contributed by atoms with Crippen molar-refractivity contribution in [2.24, 2.45) is 0 Å². The average Bonchev–Trinajstić information content (AvgIpc) is 2.19. The van der Waals surface area contributed by atoms with Crippen LogP contribution in [0.5, 0.6) is 0 Å². The Kier molecular flexibility index (Phi) is 4.53. The van der Waals surface area contributed by atoms with Crippen LogP contribution < -0.4 is 0 Å². The molecule has 0 radical (unpaired) electrons. The molecule has 1 unspecified atom stereocenters. The van der Waals surface area contributed by atoms with Crippen molar-refractivity contribution in [3.05, 3.63) is 35.9 Å². The number of rotatable bonds is 5. The first-order valence-corrected chi connectivity index (χ1v) is 6.11. The van der Waals surface area contributed by atoms with Crippen LogP contribution in [0.25, 0.3) is 0 Å². The van der Waals surface area contributed by atoms with Crippen LogP contribution in [-0.4, -0.2) is 21.5 Å². The Morgan fingerprint density at radius 3 is 2.50 bits per heavy atom. The van der Waals surface area contributed by atoms with E-state index in [1.165, 1.54) is 0 Å². The number of hydrogen-bond donors (Lipinski definition) is 0. The summed E-state index contributed by atoms with van der Waals surface area (Å²) in [6.07, 6.45) is 0.395. The molecule has 1 aromatic carbocycles. The van der Waals surface area contributed by atoms with E-state index in [0.29, 0.717) is 12.2 Å². The Hall–Kier alpha value is -0.960. The molecule has 3 heteroatoms. The van der Waals surface area contributed by atoms with E-state index in [4.69, 9.17) is 0 Å². The summed E-state index contributed by atoms with van der Waals surface area (Å²) in [7, 11) is -0.980. The monoisotopic (exact) mass is 210 g/mol. The van der Waals surface area contributed by atoms with Crippen molar-refractivity contribution in [2.45, 2.75) is 13.3 Å². The lowest BCUT2D eigenvalue weighted by molar-refractivity contribution is -0.116. The molecule has 0 saturated carbocycles. The van der Waals surface area contributed by atoms with Gasteiger partial charge in [0.15, 0.2) is 0 Å². The summed E-state index contributed by atoms with van der Waals surface area (Å²) < 4.78 is 11.1. The van der Waals surface area contributed by atoms with Gasteiger partial charge >= 0.3 is 0 Å². The van der Waals surface area contributed by atoms with Crippen molar-refractivity contribution < 1.29 is 9.00 Å². The Morgan fingerprint density at radius 1 is 1.29 bits per heavy atom. The standard InChI is InChI=1S/C11H14O2S/c1-2-14(13)9-11(12)8-10-6-4-3-5-7-10/h3-7H,2,8-9H2,1H3. The summed E-state index contributed by atoms with van der Waals surface area (Å²) in [6.45, 7) is 1.83. The maximum Gasteiger partial charge on any atom is 0.149 e. The van der Waals surface area contributed by atoms with Crippen LogP contribution in [0.1, 0.15) is 12.5 Å². The lowest BCUT2D eigenvalue weighted by Gasteiger charge is -1.99. The third-order valence-corrected chi connectivity index (χ3v) is 3.18. The molecule has 0 amide bonds. The molecular formula is C11H14O2S. The van der Waals surface area contributed by atoms with Gasteiger partial charge in [0.1, 0.15) is 5.78 Å². The minimum Gasteiger partial charge on any atom is -0.298 e. The molecule has 0 saturated heterocycles. The van der Waals surface area contributed by atoms with Gasteiger partial charge in [0.05, 0.1) is 5.75 Å². The van der Waals surface area contributed by atoms with Crippen molar-refractivity contribution in [1.29, 1.82) is 0 Å². The van der Waals surface area contributed by atoms with Crippen molar-refractivity contribution in [2.75, 3.05) is 11.5 Å². The fraction of sp³-hybridized carbons (Fsp3) is 0.364. The van der Waals surface area contributed by atoms with Crippen molar-refractivity contribution in [3.63, 3.8) is 0 Å². The summed E-state index contributed by atoms with van der Waals surface area (Å²) in [5.74, 6) is 0.794. The van der Waals surface area contributed by atoms with Crippen molar-refractivity contribution in [3.8, 4) is 0 Å². The van der Waals surface area contributed by atoms with E-state index >= 15 is 0 Å². The van der Waals surface area contributed by atoms with Crippen LogP contribution >= 0.6 is 0 Å². The summed E-state index contributed by atoms with van der Waals surface area (Å²) in [5, 5.41) is 0. The molecule has 76 valence electrons. The average molecular weight is 210 g/mol. The predicted octanol–water partition coefficient (Wildman–Crippen LogP) is 1.57. The number of Topliss-reactive ketones (excluding diaryl/α,β-unsaturated/α-hetero) is 1. The highest BCUT2D eigenvalue weighted by molar-refractivity contribution is 7.85. The molecule has 0 aliphatic heterocycles. The first kappa shape index (κ1) is 11.1. The molecule has 1 atom stereocenters. The highest BCUT2D eigenvalue weighted by Crippen LogP contribution is 2.00. The normalized spacial score (nSPS) is 12.4. The van der Waals surface area contributed by atoms with Crippen molar-refractivity contribution in [1.82, 2.24) is 0 Å². The Balaban J connectivity index is 2.46. The fourth-order valence-electron chi connectivity index (χ4n) is 1.16. The highest BCUT2D eigenvalue weighted by atomic mass is 32.2. The van der Waals surface area contributed by atoms with Crippen LogP contribution in [0, 0.1) is 0 Å². The van der Waals surface area contributed by atoms with Gasteiger partial charge in [-0.05, 0) is 5.56 Å². The molecule has 2 nitrogen and oxygen atoms in total. The maximum atomic E-state index is 11.4. The van der Waals surface area contributed by atoms with Gasteiger partial charge in [-0.1, -0.05) is 37.3 Å². The van der Waals surface area contributed by atoms with E-state index in [-0.39, 0.29) is 11.5 Å². The molecule has 0 fully saturated rings. The first-order valence-electron chi connectivity index (χ1n) is 4.63. The van der Waals surface area contributed by atoms with Gasteiger partial charge in [0.2, 0.25) is 0 Å². The van der Waals surface area contributed by atoms with Gasteiger partial charge in [0.25, 0.3) is 0 Å². The van der Waals surface area contributed by atoms with Gasteiger partial charge in [0, 0.05) is 23.0 Å². The number of hydrogen-bond acceptors (Lipinski definition) is 2. The van der Waals surface area contributed by atoms with Crippen LogP contribution in [-0.2, 0) is 22.0 Å². The number of ketones is 1. The third-order valence-electron chi connectivity index (χ3n) is 1.89. The molecule has 1 rings (SSSR count). The molecule has 0 aliphatic carbocycles. The van der Waals surface area contributed by atoms with E-state index in [9.17, 15) is 9.00 Å². The number of carbonyl (C=O) groups is 1. The molecule has 0 N–H and O–H groups in total. The quantitative estimate of drug-likeness (QED) is 0.739. The van der Waals surface area contributed by atoms with Crippen LogP contribution in [0.2, 0.25) is 0 Å². The summed E-state index contributed by atoms with van der Waals surface area (Å²) >= 11 is 0. The van der Waals surface area contributed by atoms with E-state index in [1.54, 1.807) is 0 Å². The Bertz CT molecular complexity index is 319. The Labute approximate surface area is 86.8 Å². The second-order valence-corrected chi connectivity index (χ2v) is 4.82. The van der Waals surface area contributed by atoms with E-state index in [2.05, 4.69) is 0 Å². The fourth-order valence-corrected chi connectivity index (χ4v) is 1.82. The zero-order valence-electron chi connectivity index (χ0n) is 8.23. The first-order chi connectivity index (χ1) is 6.72. The van der Waals surface area contributed by atoms with Gasteiger partial charge in [-0.2, -0.15) is 0 Å². The zero-order valence-corrected chi connectivity index (χ0v) is 9.05. The zero-order chi connectivity index (χ0) is 10.4. The van der Waals surface area contributed by atoms with Crippen molar-refractivity contribution >= 4 is 16.6 Å². The molecule has 0 aromatic heterocycles.